The summed E-state index contributed by atoms with van der Waals surface area (Å²) >= 11 is 1.23. The van der Waals surface area contributed by atoms with Crippen LogP contribution in [0.1, 0.15) is 27.7 Å². The Bertz CT molecular complexity index is 1040. The first-order chi connectivity index (χ1) is 13.6. The van der Waals surface area contributed by atoms with Crippen molar-refractivity contribution in [3.05, 3.63) is 57.0 Å². The van der Waals surface area contributed by atoms with Gasteiger partial charge < -0.3 is 14.8 Å². The van der Waals surface area contributed by atoms with Crippen LogP contribution in [0.2, 0.25) is 0 Å². The van der Waals surface area contributed by atoms with Crippen LogP contribution in [0.4, 0.5) is 0 Å². The van der Waals surface area contributed by atoms with Crippen molar-refractivity contribution < 1.29 is 14.3 Å². The molecule has 3 rings (SSSR count). The van der Waals surface area contributed by atoms with E-state index in [0.29, 0.717) is 47.0 Å². The van der Waals surface area contributed by atoms with E-state index in [4.69, 9.17) is 9.47 Å². The second-order valence-corrected chi connectivity index (χ2v) is 7.17. The molecule has 7 nitrogen and oxygen atoms in total. The summed E-state index contributed by atoms with van der Waals surface area (Å²) in [6.45, 7) is 5.50. The van der Waals surface area contributed by atoms with Crippen LogP contribution in [0.15, 0.2) is 35.4 Å². The lowest BCUT2D eigenvalue weighted by molar-refractivity contribution is 0.0954. The predicted octanol–water partition coefficient (Wildman–Crippen LogP) is 2.74. The highest BCUT2D eigenvalue weighted by molar-refractivity contribution is 7.20. The smallest absolute Gasteiger partial charge is 0.262 e. The van der Waals surface area contributed by atoms with Crippen LogP contribution >= 0.6 is 11.3 Å². The minimum Gasteiger partial charge on any atom is -0.496 e. The molecule has 28 heavy (non-hydrogen) atoms. The molecule has 0 saturated heterocycles. The van der Waals surface area contributed by atoms with Crippen LogP contribution in [0.5, 0.6) is 5.75 Å². The first-order valence-corrected chi connectivity index (χ1v) is 9.84. The fourth-order valence-corrected chi connectivity index (χ4v) is 4.00. The standard InChI is InChI=1S/C20H23N3O4S/c1-4-27-10-9-23-12-22-19-16(20(23)25)13(2)17(28-19)18(24)21-11-14-7-5-6-8-15(14)26-3/h5-8,12H,4,9-11H2,1-3H3,(H,21,24). The normalized spacial score (nSPS) is 11.0. The number of carbonyl (C=O) groups is 1. The average Bonchev–Trinajstić information content (AvgIpc) is 3.05. The topological polar surface area (TPSA) is 82.5 Å². The molecule has 1 amide bonds. The Kier molecular flexibility index (Phi) is 6.43. The van der Waals surface area contributed by atoms with Crippen LogP contribution in [0.25, 0.3) is 10.2 Å². The van der Waals surface area contributed by atoms with Gasteiger partial charge in [-0.05, 0) is 25.5 Å². The van der Waals surface area contributed by atoms with Gasteiger partial charge >= 0.3 is 0 Å². The molecule has 0 aliphatic heterocycles. The maximum absolute atomic E-state index is 12.8. The summed E-state index contributed by atoms with van der Waals surface area (Å²) in [5, 5.41) is 3.39. The fourth-order valence-electron chi connectivity index (χ4n) is 2.95. The van der Waals surface area contributed by atoms with Gasteiger partial charge in [-0.25, -0.2) is 4.98 Å². The molecule has 1 aromatic carbocycles. The number of hydrogen-bond donors (Lipinski definition) is 1. The molecule has 0 spiro atoms. The van der Waals surface area contributed by atoms with Gasteiger partial charge in [0.15, 0.2) is 0 Å². The van der Waals surface area contributed by atoms with Crippen LogP contribution in [0, 0.1) is 6.92 Å². The van der Waals surface area contributed by atoms with Gasteiger partial charge in [-0.1, -0.05) is 18.2 Å². The summed E-state index contributed by atoms with van der Waals surface area (Å²) in [5.41, 5.74) is 1.39. The van der Waals surface area contributed by atoms with E-state index in [0.717, 1.165) is 11.3 Å². The van der Waals surface area contributed by atoms with E-state index in [1.165, 1.54) is 22.2 Å². The van der Waals surface area contributed by atoms with Crippen molar-refractivity contribution >= 4 is 27.5 Å². The Hall–Kier alpha value is -2.71. The molecule has 0 aliphatic rings. The van der Waals surface area contributed by atoms with Crippen molar-refractivity contribution in [3.8, 4) is 5.75 Å². The van der Waals surface area contributed by atoms with E-state index in [-0.39, 0.29) is 11.5 Å². The van der Waals surface area contributed by atoms with Crippen molar-refractivity contribution in [1.29, 1.82) is 0 Å². The van der Waals surface area contributed by atoms with Crippen LogP contribution in [-0.2, 0) is 17.8 Å². The molecule has 148 valence electrons. The fraction of sp³-hybridized carbons (Fsp3) is 0.350. The zero-order valence-corrected chi connectivity index (χ0v) is 17.0. The Morgan fingerprint density at radius 2 is 2.11 bits per heavy atom. The third-order valence-corrected chi connectivity index (χ3v) is 5.63. The lowest BCUT2D eigenvalue weighted by Gasteiger charge is -2.09. The molecule has 0 unspecified atom stereocenters. The molecule has 0 bridgehead atoms. The summed E-state index contributed by atoms with van der Waals surface area (Å²) in [4.78, 5) is 30.9. The number of carbonyl (C=O) groups excluding carboxylic acids is 1. The van der Waals surface area contributed by atoms with Gasteiger partial charge in [0.1, 0.15) is 10.6 Å². The van der Waals surface area contributed by atoms with Gasteiger partial charge in [0, 0.05) is 18.7 Å². The lowest BCUT2D eigenvalue weighted by Crippen LogP contribution is -2.24. The van der Waals surface area contributed by atoms with Gasteiger partial charge in [-0.15, -0.1) is 11.3 Å². The lowest BCUT2D eigenvalue weighted by atomic mass is 10.2. The summed E-state index contributed by atoms with van der Waals surface area (Å²) in [6, 6.07) is 7.52. The predicted molar refractivity (Wildman–Crippen MR) is 109 cm³/mol. The highest BCUT2D eigenvalue weighted by Crippen LogP contribution is 2.27. The number of para-hydroxylation sites is 1. The van der Waals surface area contributed by atoms with Crippen molar-refractivity contribution in [3.63, 3.8) is 0 Å². The summed E-state index contributed by atoms with van der Waals surface area (Å²) in [6.07, 6.45) is 1.51. The van der Waals surface area contributed by atoms with Gasteiger partial charge in [0.2, 0.25) is 0 Å². The first kappa shape index (κ1) is 20.0. The molecule has 0 radical (unpaired) electrons. The Morgan fingerprint density at radius 3 is 2.86 bits per heavy atom. The SMILES string of the molecule is CCOCCn1cnc2sc(C(=O)NCc3ccccc3OC)c(C)c2c1=O. The highest BCUT2D eigenvalue weighted by Gasteiger charge is 2.19. The number of nitrogens with one attached hydrogen (secondary N) is 1. The van der Waals surface area contributed by atoms with E-state index in [9.17, 15) is 9.59 Å². The molecule has 8 heteroatoms. The van der Waals surface area contributed by atoms with Crippen molar-refractivity contribution in [2.45, 2.75) is 26.9 Å². The van der Waals surface area contributed by atoms with E-state index < -0.39 is 0 Å². The zero-order valence-electron chi connectivity index (χ0n) is 16.2. The molecule has 3 aromatic rings. The van der Waals surface area contributed by atoms with Crippen molar-refractivity contribution in [2.24, 2.45) is 0 Å². The Morgan fingerprint density at radius 1 is 1.32 bits per heavy atom. The number of benzene rings is 1. The summed E-state index contributed by atoms with van der Waals surface area (Å²) < 4.78 is 12.1. The minimum atomic E-state index is -0.230. The largest absolute Gasteiger partial charge is 0.496 e. The summed E-state index contributed by atoms with van der Waals surface area (Å²) in [7, 11) is 1.60. The molecule has 0 aliphatic carbocycles. The number of aryl methyl sites for hydroxylation is 1. The van der Waals surface area contributed by atoms with Crippen LogP contribution in [-0.4, -0.2) is 35.8 Å². The van der Waals surface area contributed by atoms with E-state index in [1.54, 1.807) is 14.0 Å². The van der Waals surface area contributed by atoms with E-state index in [2.05, 4.69) is 10.3 Å². The van der Waals surface area contributed by atoms with Gasteiger partial charge in [0.05, 0.1) is 36.9 Å². The number of fused-ring (bicyclic) bond motifs is 1. The third-order valence-electron chi connectivity index (χ3n) is 4.44. The second kappa shape index (κ2) is 8.99. The number of hydrogen-bond acceptors (Lipinski definition) is 6. The quantitative estimate of drug-likeness (QED) is 0.587. The molecule has 2 heterocycles. The van der Waals surface area contributed by atoms with Gasteiger partial charge in [-0.2, -0.15) is 0 Å². The number of ether oxygens (including phenoxy) is 2. The zero-order chi connectivity index (χ0) is 20.1. The molecule has 0 saturated carbocycles. The number of amides is 1. The molecule has 1 N–H and O–H groups in total. The first-order valence-electron chi connectivity index (χ1n) is 9.03. The van der Waals surface area contributed by atoms with Gasteiger partial charge in [0.25, 0.3) is 11.5 Å². The second-order valence-electron chi connectivity index (χ2n) is 6.17. The maximum Gasteiger partial charge on any atom is 0.262 e. The number of rotatable bonds is 8. The molecule has 2 aromatic heterocycles. The monoisotopic (exact) mass is 401 g/mol. The maximum atomic E-state index is 12.8. The van der Waals surface area contributed by atoms with Crippen molar-refractivity contribution in [1.82, 2.24) is 14.9 Å². The Balaban J connectivity index is 1.82. The van der Waals surface area contributed by atoms with E-state index in [1.807, 2.05) is 31.2 Å². The van der Waals surface area contributed by atoms with E-state index >= 15 is 0 Å². The number of aromatic nitrogens is 2. The molecular formula is C20H23N3O4S. The Labute approximate surface area is 166 Å². The summed E-state index contributed by atoms with van der Waals surface area (Å²) in [5.74, 6) is 0.487. The number of nitrogens with zero attached hydrogens (tertiary/aromatic N) is 2. The number of methoxy groups -OCH3 is 1. The van der Waals surface area contributed by atoms with Crippen LogP contribution < -0.4 is 15.6 Å². The number of thiophene rings is 1. The van der Waals surface area contributed by atoms with Gasteiger partial charge in [-0.3, -0.25) is 14.2 Å². The molecular weight excluding hydrogens is 378 g/mol. The van der Waals surface area contributed by atoms with Crippen molar-refractivity contribution in [2.75, 3.05) is 20.3 Å². The molecule has 0 atom stereocenters. The average molecular weight is 401 g/mol. The molecule has 0 fully saturated rings. The van der Waals surface area contributed by atoms with Crippen LogP contribution in [0.3, 0.4) is 0 Å². The minimum absolute atomic E-state index is 0.151. The highest BCUT2D eigenvalue weighted by atomic mass is 32.1. The third kappa shape index (κ3) is 4.07.